The molecule has 1 aliphatic rings. The summed E-state index contributed by atoms with van der Waals surface area (Å²) < 4.78 is 0. The van der Waals surface area contributed by atoms with Gasteiger partial charge >= 0.3 is 6.09 Å². The number of carbonyl (C=O) groups excluding carboxylic acids is 1. The summed E-state index contributed by atoms with van der Waals surface area (Å²) in [6.45, 7) is 0.310. The van der Waals surface area contributed by atoms with Crippen LogP contribution in [0.1, 0.15) is 6.42 Å². The second-order valence-electron chi connectivity index (χ2n) is 2.03. The number of alkyl halides is 1. The molecular formula is C5H6BrNO3. The first kappa shape index (κ1) is 7.53. The lowest BCUT2D eigenvalue weighted by molar-refractivity contribution is -0.125. The van der Waals surface area contributed by atoms with E-state index in [9.17, 15) is 9.59 Å². The monoisotopic (exact) mass is 207 g/mol. The minimum atomic E-state index is -1.16. The molecule has 0 bridgehead atoms. The van der Waals surface area contributed by atoms with Gasteiger partial charge in [-0.15, -0.1) is 0 Å². The molecule has 5 heteroatoms. The Labute approximate surface area is 65.9 Å². The lowest BCUT2D eigenvalue weighted by Crippen LogP contribution is -2.32. The summed E-state index contributed by atoms with van der Waals surface area (Å²) in [5, 5.41) is 8.39. The predicted octanol–water partition coefficient (Wildman–Crippen LogP) is 0.660. The lowest BCUT2D eigenvalue weighted by atomic mass is 10.4. The average molecular weight is 208 g/mol. The number of hydrogen-bond donors (Lipinski definition) is 1. The minimum Gasteiger partial charge on any atom is -0.465 e. The lowest BCUT2D eigenvalue weighted by Gasteiger charge is -2.06. The first-order valence-corrected chi connectivity index (χ1v) is 3.73. The number of halogens is 1. The van der Waals surface area contributed by atoms with Gasteiger partial charge in [0, 0.05) is 6.54 Å². The van der Waals surface area contributed by atoms with E-state index in [0.29, 0.717) is 13.0 Å². The maximum absolute atomic E-state index is 10.8. The number of amides is 2. The van der Waals surface area contributed by atoms with Gasteiger partial charge in [0.25, 0.3) is 0 Å². The van der Waals surface area contributed by atoms with Crippen LogP contribution in [0.4, 0.5) is 4.79 Å². The Balaban J connectivity index is 2.66. The van der Waals surface area contributed by atoms with Crippen LogP contribution in [-0.4, -0.2) is 33.4 Å². The van der Waals surface area contributed by atoms with E-state index in [1.165, 1.54) is 0 Å². The molecule has 1 saturated heterocycles. The highest BCUT2D eigenvalue weighted by Crippen LogP contribution is 2.17. The van der Waals surface area contributed by atoms with Crippen molar-refractivity contribution in [3.8, 4) is 0 Å². The second-order valence-corrected chi connectivity index (χ2v) is 3.13. The summed E-state index contributed by atoms with van der Waals surface area (Å²) >= 11 is 3.06. The fourth-order valence-electron chi connectivity index (χ4n) is 0.835. The van der Waals surface area contributed by atoms with Crippen LogP contribution in [0.2, 0.25) is 0 Å². The maximum atomic E-state index is 10.8. The van der Waals surface area contributed by atoms with Crippen molar-refractivity contribution in [2.45, 2.75) is 11.2 Å². The highest BCUT2D eigenvalue weighted by molar-refractivity contribution is 9.10. The van der Waals surface area contributed by atoms with Crippen LogP contribution >= 0.6 is 15.9 Å². The van der Waals surface area contributed by atoms with Crippen molar-refractivity contribution in [2.75, 3.05) is 6.54 Å². The van der Waals surface area contributed by atoms with Gasteiger partial charge in [-0.3, -0.25) is 4.79 Å². The molecule has 0 aromatic heterocycles. The normalized spacial score (nSPS) is 25.5. The van der Waals surface area contributed by atoms with Crippen molar-refractivity contribution in [3.05, 3.63) is 0 Å². The molecule has 0 spiro atoms. The second kappa shape index (κ2) is 2.57. The topological polar surface area (TPSA) is 57.6 Å². The molecule has 1 aliphatic heterocycles. The first-order valence-electron chi connectivity index (χ1n) is 2.81. The first-order chi connectivity index (χ1) is 4.63. The molecule has 10 heavy (non-hydrogen) atoms. The van der Waals surface area contributed by atoms with Crippen LogP contribution in [0.3, 0.4) is 0 Å². The van der Waals surface area contributed by atoms with E-state index in [4.69, 9.17) is 5.11 Å². The number of carboxylic acid groups (broad SMARTS) is 1. The highest BCUT2D eigenvalue weighted by Gasteiger charge is 2.33. The van der Waals surface area contributed by atoms with Gasteiger partial charge in [-0.05, 0) is 6.42 Å². The van der Waals surface area contributed by atoms with Crippen molar-refractivity contribution >= 4 is 27.9 Å². The Morgan fingerprint density at radius 2 is 2.40 bits per heavy atom. The number of hydrogen-bond acceptors (Lipinski definition) is 2. The van der Waals surface area contributed by atoms with Gasteiger partial charge in [-0.2, -0.15) is 0 Å². The summed E-state index contributed by atoms with van der Waals surface area (Å²) in [5.41, 5.74) is 0. The molecule has 0 radical (unpaired) electrons. The summed E-state index contributed by atoms with van der Waals surface area (Å²) in [6.07, 6.45) is -0.586. The average Bonchev–Trinajstić information content (AvgIpc) is 2.14. The summed E-state index contributed by atoms with van der Waals surface area (Å²) in [4.78, 5) is 21.6. The third kappa shape index (κ3) is 1.13. The maximum Gasteiger partial charge on any atom is 0.414 e. The molecule has 1 atom stereocenters. The third-order valence-electron chi connectivity index (χ3n) is 1.37. The molecule has 0 aliphatic carbocycles. The standard InChI is InChI=1S/C5H6BrNO3/c6-3-1-2-7(4(3)8)5(9)10/h3H,1-2H2,(H,9,10). The highest BCUT2D eigenvalue weighted by atomic mass is 79.9. The molecule has 0 aromatic rings. The van der Waals surface area contributed by atoms with Crippen LogP contribution in [0.15, 0.2) is 0 Å². The van der Waals surface area contributed by atoms with Gasteiger partial charge in [-0.1, -0.05) is 15.9 Å². The van der Waals surface area contributed by atoms with Crippen molar-refractivity contribution in [1.29, 1.82) is 0 Å². The zero-order valence-electron chi connectivity index (χ0n) is 5.08. The molecule has 56 valence electrons. The molecule has 1 fully saturated rings. The van der Waals surface area contributed by atoms with Gasteiger partial charge in [0.15, 0.2) is 0 Å². The summed E-state index contributed by atoms with van der Waals surface area (Å²) in [7, 11) is 0. The Morgan fingerprint density at radius 1 is 1.80 bits per heavy atom. The Morgan fingerprint density at radius 3 is 2.60 bits per heavy atom. The van der Waals surface area contributed by atoms with Gasteiger partial charge in [0.1, 0.15) is 0 Å². The molecular weight excluding hydrogens is 202 g/mol. The van der Waals surface area contributed by atoms with E-state index < -0.39 is 6.09 Å². The largest absolute Gasteiger partial charge is 0.465 e. The van der Waals surface area contributed by atoms with Crippen LogP contribution in [0, 0.1) is 0 Å². The van der Waals surface area contributed by atoms with Crippen LogP contribution < -0.4 is 0 Å². The van der Waals surface area contributed by atoms with Gasteiger partial charge in [0.2, 0.25) is 5.91 Å². The number of likely N-dealkylation sites (tertiary alicyclic amines) is 1. The van der Waals surface area contributed by atoms with E-state index in [1.807, 2.05) is 0 Å². The number of nitrogens with zero attached hydrogens (tertiary/aromatic N) is 1. The molecule has 1 heterocycles. The Kier molecular flexibility index (Phi) is 1.94. The SMILES string of the molecule is O=C(O)N1CCC(Br)C1=O. The molecule has 1 unspecified atom stereocenters. The molecule has 1 N–H and O–H groups in total. The summed E-state index contributed by atoms with van der Waals surface area (Å²) in [6, 6.07) is 0. The van der Waals surface area contributed by atoms with Crippen LogP contribution in [0.25, 0.3) is 0 Å². The molecule has 0 aromatic carbocycles. The number of rotatable bonds is 0. The van der Waals surface area contributed by atoms with E-state index in [-0.39, 0.29) is 10.7 Å². The number of carbonyl (C=O) groups is 2. The molecule has 4 nitrogen and oxygen atoms in total. The van der Waals surface area contributed by atoms with E-state index >= 15 is 0 Å². The predicted molar refractivity (Wildman–Crippen MR) is 37.1 cm³/mol. The fourth-order valence-corrected chi connectivity index (χ4v) is 1.29. The van der Waals surface area contributed by atoms with Gasteiger partial charge < -0.3 is 5.11 Å². The number of imide groups is 1. The van der Waals surface area contributed by atoms with Crippen molar-refractivity contribution in [3.63, 3.8) is 0 Å². The van der Waals surface area contributed by atoms with E-state index in [0.717, 1.165) is 4.90 Å². The molecule has 1 rings (SSSR count). The fraction of sp³-hybridized carbons (Fsp3) is 0.600. The minimum absolute atomic E-state index is 0.302. The van der Waals surface area contributed by atoms with Crippen LogP contribution in [0.5, 0.6) is 0 Å². The van der Waals surface area contributed by atoms with Crippen molar-refractivity contribution in [2.24, 2.45) is 0 Å². The summed E-state index contributed by atoms with van der Waals surface area (Å²) in [5.74, 6) is -0.354. The molecule has 2 amide bonds. The zero-order valence-corrected chi connectivity index (χ0v) is 6.67. The van der Waals surface area contributed by atoms with Crippen molar-refractivity contribution in [1.82, 2.24) is 4.90 Å². The zero-order chi connectivity index (χ0) is 7.72. The third-order valence-corrected chi connectivity index (χ3v) is 2.22. The Bertz CT molecular complexity index is 182. The smallest absolute Gasteiger partial charge is 0.414 e. The quantitative estimate of drug-likeness (QED) is 0.595. The van der Waals surface area contributed by atoms with Gasteiger partial charge in [0.05, 0.1) is 4.83 Å². The van der Waals surface area contributed by atoms with Gasteiger partial charge in [-0.25, -0.2) is 9.69 Å². The van der Waals surface area contributed by atoms with Crippen LogP contribution in [-0.2, 0) is 4.79 Å². The Hall–Kier alpha value is -0.580. The molecule has 0 saturated carbocycles. The van der Waals surface area contributed by atoms with Crippen molar-refractivity contribution < 1.29 is 14.7 Å². The van der Waals surface area contributed by atoms with E-state index in [2.05, 4.69) is 15.9 Å². The van der Waals surface area contributed by atoms with E-state index in [1.54, 1.807) is 0 Å².